The first-order valence-electron chi connectivity index (χ1n) is 2.05. The van der Waals surface area contributed by atoms with Gasteiger partial charge in [-0.05, 0) is 0 Å². The Kier molecular flexibility index (Phi) is 3.80. The van der Waals surface area contributed by atoms with Crippen LogP contribution in [0.5, 0.6) is 5.75 Å². The van der Waals surface area contributed by atoms with Crippen LogP contribution in [0.15, 0.2) is 24.3 Å². The summed E-state index contributed by atoms with van der Waals surface area (Å²) in [5, 5.41) is 8.58. The van der Waals surface area contributed by atoms with Crippen LogP contribution in [0.1, 0.15) is 0 Å². The molecule has 0 fully saturated rings. The van der Waals surface area contributed by atoms with Crippen LogP contribution < -0.4 is 0 Å². The van der Waals surface area contributed by atoms with Crippen LogP contribution in [0.2, 0.25) is 0 Å². The molecule has 0 radical (unpaired) electrons. The van der Waals surface area contributed by atoms with Gasteiger partial charge in [0.05, 0.1) is 0 Å². The van der Waals surface area contributed by atoms with Crippen LogP contribution >= 0.6 is 0 Å². The van der Waals surface area contributed by atoms with Gasteiger partial charge in [0.25, 0.3) is 0 Å². The minimum atomic E-state index is 0. The molecule has 0 aliphatic heterocycles. The van der Waals surface area contributed by atoms with Crippen molar-refractivity contribution in [2.24, 2.45) is 0 Å². The Morgan fingerprint density at radius 1 is 1.38 bits per heavy atom. The van der Waals surface area contributed by atoms with Crippen LogP contribution in [0, 0.1) is 6.07 Å². The van der Waals surface area contributed by atoms with E-state index in [0.29, 0.717) is 0 Å². The summed E-state index contributed by atoms with van der Waals surface area (Å²) in [6.45, 7) is 0. The van der Waals surface area contributed by atoms with Crippen LogP contribution in [0.3, 0.4) is 0 Å². The van der Waals surface area contributed by atoms with E-state index in [4.69, 9.17) is 5.11 Å². The van der Waals surface area contributed by atoms with Crippen molar-refractivity contribution in [1.82, 2.24) is 0 Å². The fourth-order valence-corrected chi connectivity index (χ4v) is 0.384. The summed E-state index contributed by atoms with van der Waals surface area (Å²) >= 11 is 0. The molecule has 1 N–H and O–H groups in total. The van der Waals surface area contributed by atoms with Gasteiger partial charge >= 0.3 is 0 Å². The third kappa shape index (κ3) is 2.27. The molecule has 0 atom stereocenters. The van der Waals surface area contributed by atoms with Crippen molar-refractivity contribution in [3.05, 3.63) is 30.3 Å². The third-order valence-corrected chi connectivity index (χ3v) is 0.693. The molecule has 2 heteroatoms. The molecule has 1 aromatic carbocycles. The summed E-state index contributed by atoms with van der Waals surface area (Å²) in [7, 11) is 0. The van der Waals surface area contributed by atoms with Gasteiger partial charge in [-0.2, -0.15) is 18.2 Å². The summed E-state index contributed by atoms with van der Waals surface area (Å²) in [6.07, 6.45) is 0. The van der Waals surface area contributed by atoms with Gasteiger partial charge in [-0.1, -0.05) is 0 Å². The average molecular weight is 184 g/mol. The number of benzene rings is 1. The number of phenolic OH excluding ortho intramolecular Hbond substituents is 1. The van der Waals surface area contributed by atoms with Crippen molar-refractivity contribution in [3.8, 4) is 5.75 Å². The van der Waals surface area contributed by atoms with Gasteiger partial charge < -0.3 is 5.11 Å². The molecule has 0 unspecified atom stereocenters. The van der Waals surface area contributed by atoms with Crippen molar-refractivity contribution in [2.45, 2.75) is 0 Å². The first-order valence-corrected chi connectivity index (χ1v) is 2.05. The second-order valence-electron chi connectivity index (χ2n) is 1.25. The number of hydrogen-bond acceptors (Lipinski definition) is 1. The van der Waals surface area contributed by atoms with Gasteiger partial charge in [0, 0.05) is 32.0 Å². The van der Waals surface area contributed by atoms with Gasteiger partial charge in [-0.15, -0.1) is 12.1 Å². The maximum atomic E-state index is 8.58. The Balaban J connectivity index is 0.000000490. The Morgan fingerprint density at radius 2 is 2.12 bits per heavy atom. The zero-order chi connectivity index (χ0) is 5.11. The Hall–Kier alpha value is -0.0969. The predicted octanol–water partition coefficient (Wildman–Crippen LogP) is 1.19. The van der Waals surface area contributed by atoms with Gasteiger partial charge in [-0.3, -0.25) is 0 Å². The summed E-state index contributed by atoms with van der Waals surface area (Å²) in [5.41, 5.74) is 0. The van der Waals surface area contributed by atoms with Crippen LogP contribution in [-0.2, 0) is 26.2 Å². The third-order valence-electron chi connectivity index (χ3n) is 0.693. The summed E-state index contributed by atoms with van der Waals surface area (Å²) in [6, 6.07) is 9.39. The van der Waals surface area contributed by atoms with E-state index in [-0.39, 0.29) is 32.0 Å². The molecular formula is C6H5OZr-. The zero-order valence-corrected chi connectivity index (χ0v) is 6.71. The van der Waals surface area contributed by atoms with E-state index in [1.165, 1.54) is 0 Å². The van der Waals surface area contributed by atoms with Crippen LogP contribution in [-0.4, -0.2) is 5.11 Å². The number of hydrogen-bond donors (Lipinski definition) is 1. The molecule has 0 aliphatic carbocycles. The Bertz CT molecular complexity index is 138. The molecule has 40 valence electrons. The van der Waals surface area contributed by atoms with Crippen molar-refractivity contribution < 1.29 is 31.3 Å². The average Bonchev–Trinajstić information content (AvgIpc) is 1.69. The molecule has 1 aromatic rings. The monoisotopic (exact) mass is 183 g/mol. The topological polar surface area (TPSA) is 20.2 Å². The summed E-state index contributed by atoms with van der Waals surface area (Å²) in [5.74, 6) is 0.197. The second kappa shape index (κ2) is 3.85. The molecule has 0 aliphatic rings. The van der Waals surface area contributed by atoms with Crippen molar-refractivity contribution in [2.75, 3.05) is 0 Å². The van der Waals surface area contributed by atoms with E-state index in [1.54, 1.807) is 24.3 Å². The molecule has 1 rings (SSSR count). The van der Waals surface area contributed by atoms with Gasteiger partial charge in [-0.25, -0.2) is 0 Å². The van der Waals surface area contributed by atoms with E-state index in [9.17, 15) is 0 Å². The standard InChI is InChI=1S/C6H5O.Zr/c7-6-4-2-1-3-5-6;/h1-4,7H;/q-1;. The maximum Gasteiger partial charge on any atom is 0.00397 e. The Labute approximate surface area is 67.5 Å². The number of rotatable bonds is 0. The molecule has 0 aromatic heterocycles. The van der Waals surface area contributed by atoms with Crippen molar-refractivity contribution in [3.63, 3.8) is 0 Å². The predicted molar refractivity (Wildman–Crippen MR) is 26.9 cm³/mol. The van der Waals surface area contributed by atoms with E-state index in [2.05, 4.69) is 6.07 Å². The number of aromatic hydroxyl groups is 1. The summed E-state index contributed by atoms with van der Waals surface area (Å²) in [4.78, 5) is 0. The Morgan fingerprint density at radius 3 is 2.38 bits per heavy atom. The van der Waals surface area contributed by atoms with E-state index >= 15 is 0 Å². The molecule has 0 heterocycles. The zero-order valence-electron chi connectivity index (χ0n) is 4.26. The quantitative estimate of drug-likeness (QED) is 0.601. The SMILES string of the molecule is Oc1[c-]cccc1.[Zr]. The second-order valence-corrected chi connectivity index (χ2v) is 1.25. The van der Waals surface area contributed by atoms with Gasteiger partial charge in [0.2, 0.25) is 0 Å². The molecular weight excluding hydrogens is 179 g/mol. The molecule has 0 saturated carbocycles. The number of phenols is 1. The van der Waals surface area contributed by atoms with Crippen LogP contribution in [0.4, 0.5) is 0 Å². The smallest absolute Gasteiger partial charge is 0.00397 e. The molecule has 0 bridgehead atoms. The molecule has 0 spiro atoms. The molecule has 0 saturated heterocycles. The van der Waals surface area contributed by atoms with Crippen molar-refractivity contribution in [1.29, 1.82) is 0 Å². The molecule has 1 nitrogen and oxygen atoms in total. The number of para-hydroxylation sites is 1. The van der Waals surface area contributed by atoms with E-state index in [1.807, 2.05) is 0 Å². The van der Waals surface area contributed by atoms with Gasteiger partial charge in [0.1, 0.15) is 0 Å². The minimum Gasteiger partial charge on any atom is -0.534 e. The van der Waals surface area contributed by atoms with Gasteiger partial charge in [0.15, 0.2) is 0 Å². The first kappa shape index (κ1) is 7.90. The summed E-state index contributed by atoms with van der Waals surface area (Å²) < 4.78 is 0. The largest absolute Gasteiger partial charge is 0.534 e. The fourth-order valence-electron chi connectivity index (χ4n) is 0.384. The van der Waals surface area contributed by atoms with Crippen LogP contribution in [0.25, 0.3) is 0 Å². The maximum absolute atomic E-state index is 8.58. The van der Waals surface area contributed by atoms with E-state index in [0.717, 1.165) is 0 Å². The minimum absolute atomic E-state index is 0. The molecule has 8 heavy (non-hydrogen) atoms. The normalized spacial score (nSPS) is 7.50. The molecule has 0 amide bonds. The fraction of sp³-hybridized carbons (Fsp3) is 0. The first-order chi connectivity index (χ1) is 3.39. The van der Waals surface area contributed by atoms with Crippen molar-refractivity contribution >= 4 is 0 Å². The van der Waals surface area contributed by atoms with E-state index < -0.39 is 0 Å².